The molecule has 0 aromatic carbocycles. The highest BCUT2D eigenvalue weighted by Gasteiger charge is 2.16. The zero-order valence-corrected chi connectivity index (χ0v) is 9.80. The Morgan fingerprint density at radius 2 is 2.21 bits per heavy atom. The molecule has 0 amide bonds. The fraction of sp³-hybridized carbons (Fsp3) is 0.100. The van der Waals surface area contributed by atoms with E-state index in [1.165, 1.54) is 22.7 Å². The van der Waals surface area contributed by atoms with Crippen LogP contribution in [0.15, 0.2) is 22.2 Å². The molecule has 0 saturated heterocycles. The molecule has 0 fully saturated rings. The molecule has 0 spiro atoms. The molecule has 4 heteroatoms. The van der Waals surface area contributed by atoms with Gasteiger partial charge in [-0.25, -0.2) is 0 Å². The van der Waals surface area contributed by atoms with E-state index in [0.717, 1.165) is 11.1 Å². The first-order valence-corrected chi connectivity index (χ1v) is 6.20. The Kier molecular flexibility index (Phi) is 2.72. The third-order valence-corrected chi connectivity index (χ3v) is 4.27. The SMILES string of the molecule is Cc1csc(C(=O)c2ccsc2)c1Cl. The van der Waals surface area contributed by atoms with E-state index < -0.39 is 0 Å². The fourth-order valence-electron chi connectivity index (χ4n) is 1.11. The maximum Gasteiger partial charge on any atom is 0.205 e. The van der Waals surface area contributed by atoms with Crippen LogP contribution in [0.1, 0.15) is 20.8 Å². The average molecular weight is 243 g/mol. The van der Waals surface area contributed by atoms with Crippen molar-refractivity contribution in [2.45, 2.75) is 6.92 Å². The van der Waals surface area contributed by atoms with Gasteiger partial charge >= 0.3 is 0 Å². The summed E-state index contributed by atoms with van der Waals surface area (Å²) in [5.41, 5.74) is 1.69. The number of aryl methyl sites for hydroxylation is 1. The number of carbonyl (C=O) groups excluding carboxylic acids is 1. The Labute approximate surface area is 95.0 Å². The highest BCUT2D eigenvalue weighted by atomic mass is 35.5. The van der Waals surface area contributed by atoms with Crippen molar-refractivity contribution in [2.24, 2.45) is 0 Å². The van der Waals surface area contributed by atoms with Crippen LogP contribution in [-0.4, -0.2) is 5.78 Å². The van der Waals surface area contributed by atoms with E-state index in [1.54, 1.807) is 0 Å². The number of halogens is 1. The van der Waals surface area contributed by atoms with Crippen molar-refractivity contribution >= 4 is 40.1 Å². The summed E-state index contributed by atoms with van der Waals surface area (Å²) in [4.78, 5) is 12.5. The first-order chi connectivity index (χ1) is 6.70. The lowest BCUT2D eigenvalue weighted by molar-refractivity contribution is 0.104. The molecule has 0 saturated carbocycles. The van der Waals surface area contributed by atoms with Crippen LogP contribution >= 0.6 is 34.3 Å². The van der Waals surface area contributed by atoms with E-state index in [1.807, 2.05) is 29.1 Å². The van der Waals surface area contributed by atoms with Crippen LogP contribution in [0.2, 0.25) is 5.02 Å². The summed E-state index contributed by atoms with van der Waals surface area (Å²) in [7, 11) is 0. The largest absolute Gasteiger partial charge is 0.288 e. The zero-order chi connectivity index (χ0) is 10.1. The number of ketones is 1. The number of hydrogen-bond acceptors (Lipinski definition) is 3. The van der Waals surface area contributed by atoms with Crippen molar-refractivity contribution in [3.05, 3.63) is 43.2 Å². The van der Waals surface area contributed by atoms with Gasteiger partial charge in [-0.05, 0) is 29.3 Å². The van der Waals surface area contributed by atoms with Crippen molar-refractivity contribution in [2.75, 3.05) is 0 Å². The second-order valence-corrected chi connectivity index (χ2v) is 4.94. The van der Waals surface area contributed by atoms with Crippen molar-refractivity contribution in [1.29, 1.82) is 0 Å². The summed E-state index contributed by atoms with van der Waals surface area (Å²) in [5.74, 6) is 0.0225. The van der Waals surface area contributed by atoms with Gasteiger partial charge in [-0.1, -0.05) is 11.6 Å². The van der Waals surface area contributed by atoms with Gasteiger partial charge in [-0.3, -0.25) is 4.79 Å². The molecule has 0 N–H and O–H groups in total. The maximum absolute atomic E-state index is 11.9. The summed E-state index contributed by atoms with van der Waals surface area (Å²) >= 11 is 8.94. The topological polar surface area (TPSA) is 17.1 Å². The lowest BCUT2D eigenvalue weighted by Crippen LogP contribution is -1.96. The molecule has 0 aliphatic carbocycles. The van der Waals surface area contributed by atoms with E-state index >= 15 is 0 Å². The Hall–Kier alpha value is -0.640. The standard InChI is InChI=1S/C10H7ClOS2/c1-6-4-14-10(8(6)11)9(12)7-2-3-13-5-7/h2-5H,1H3. The molecule has 2 aromatic heterocycles. The van der Waals surface area contributed by atoms with Crippen LogP contribution in [0, 0.1) is 6.92 Å². The third-order valence-electron chi connectivity index (χ3n) is 1.89. The zero-order valence-electron chi connectivity index (χ0n) is 7.41. The number of hydrogen-bond donors (Lipinski definition) is 0. The predicted molar refractivity (Wildman–Crippen MR) is 61.8 cm³/mol. The third kappa shape index (κ3) is 1.63. The van der Waals surface area contributed by atoms with Crippen molar-refractivity contribution in [1.82, 2.24) is 0 Å². The normalized spacial score (nSPS) is 10.4. The smallest absolute Gasteiger partial charge is 0.205 e. The lowest BCUT2D eigenvalue weighted by Gasteiger charge is -1.94. The fourth-order valence-corrected chi connectivity index (χ4v) is 2.98. The summed E-state index contributed by atoms with van der Waals surface area (Å²) in [6.07, 6.45) is 0. The van der Waals surface area contributed by atoms with E-state index in [4.69, 9.17) is 11.6 Å². The quantitative estimate of drug-likeness (QED) is 0.728. The van der Waals surface area contributed by atoms with Gasteiger partial charge in [0.2, 0.25) is 5.78 Å². The molecule has 0 atom stereocenters. The van der Waals surface area contributed by atoms with Crippen molar-refractivity contribution < 1.29 is 4.79 Å². The number of rotatable bonds is 2. The number of thiophene rings is 2. The summed E-state index contributed by atoms with van der Waals surface area (Å²) in [5, 5.41) is 6.23. The van der Waals surface area contributed by atoms with Crippen molar-refractivity contribution in [3.8, 4) is 0 Å². The first-order valence-electron chi connectivity index (χ1n) is 4.00. The Morgan fingerprint density at radius 3 is 2.71 bits per heavy atom. The molecule has 0 radical (unpaired) electrons. The van der Waals surface area contributed by atoms with E-state index in [2.05, 4.69) is 0 Å². The molecule has 0 aliphatic rings. The molecule has 0 bridgehead atoms. The number of carbonyl (C=O) groups is 1. The monoisotopic (exact) mass is 242 g/mol. The van der Waals surface area contributed by atoms with Gasteiger partial charge in [-0.15, -0.1) is 11.3 Å². The van der Waals surface area contributed by atoms with Crippen LogP contribution in [0.5, 0.6) is 0 Å². The highest BCUT2D eigenvalue weighted by Crippen LogP contribution is 2.29. The van der Waals surface area contributed by atoms with Gasteiger partial charge in [0.1, 0.15) is 0 Å². The molecule has 0 aliphatic heterocycles. The molecular weight excluding hydrogens is 236 g/mol. The molecule has 14 heavy (non-hydrogen) atoms. The second kappa shape index (κ2) is 3.85. The predicted octanol–water partition coefficient (Wildman–Crippen LogP) is 4.00. The van der Waals surface area contributed by atoms with Gasteiger partial charge in [0.05, 0.1) is 9.90 Å². The molecule has 2 aromatic rings. The summed E-state index contributed by atoms with van der Waals surface area (Å²) in [6.45, 7) is 1.91. The Balaban J connectivity index is 2.42. The van der Waals surface area contributed by atoms with Crippen LogP contribution in [-0.2, 0) is 0 Å². The summed E-state index contributed by atoms with van der Waals surface area (Å²) < 4.78 is 0. The summed E-state index contributed by atoms with van der Waals surface area (Å²) in [6, 6.07) is 1.82. The average Bonchev–Trinajstić information content (AvgIpc) is 2.77. The van der Waals surface area contributed by atoms with Crippen LogP contribution in [0.4, 0.5) is 0 Å². The molecule has 2 heterocycles. The van der Waals surface area contributed by atoms with Crippen LogP contribution in [0.3, 0.4) is 0 Å². The lowest BCUT2D eigenvalue weighted by atomic mass is 10.2. The molecule has 72 valence electrons. The van der Waals surface area contributed by atoms with Crippen molar-refractivity contribution in [3.63, 3.8) is 0 Å². The Morgan fingerprint density at radius 1 is 1.43 bits per heavy atom. The van der Waals surface area contributed by atoms with Crippen LogP contribution in [0.25, 0.3) is 0 Å². The van der Waals surface area contributed by atoms with E-state index in [-0.39, 0.29) is 5.78 Å². The highest BCUT2D eigenvalue weighted by molar-refractivity contribution is 7.13. The first kappa shape index (κ1) is 9.90. The minimum absolute atomic E-state index is 0.0225. The Bertz CT molecular complexity index is 456. The van der Waals surface area contributed by atoms with Gasteiger partial charge in [0.25, 0.3) is 0 Å². The van der Waals surface area contributed by atoms with E-state index in [9.17, 15) is 4.79 Å². The molecular formula is C10H7ClOS2. The minimum Gasteiger partial charge on any atom is -0.288 e. The molecule has 2 rings (SSSR count). The van der Waals surface area contributed by atoms with Gasteiger partial charge < -0.3 is 0 Å². The van der Waals surface area contributed by atoms with E-state index in [0.29, 0.717) is 9.90 Å². The van der Waals surface area contributed by atoms with Gasteiger partial charge in [0.15, 0.2) is 0 Å². The molecule has 1 nitrogen and oxygen atoms in total. The second-order valence-electron chi connectivity index (χ2n) is 2.90. The molecule has 0 unspecified atom stereocenters. The maximum atomic E-state index is 11.9. The van der Waals surface area contributed by atoms with Gasteiger partial charge in [0, 0.05) is 10.9 Å². The van der Waals surface area contributed by atoms with Crippen LogP contribution < -0.4 is 0 Å². The minimum atomic E-state index is 0.0225. The van der Waals surface area contributed by atoms with Gasteiger partial charge in [-0.2, -0.15) is 11.3 Å².